The number of nitrogens with zero attached hydrogens (tertiary/aromatic N) is 2. The topological polar surface area (TPSA) is 55.8 Å². The molecule has 5 nitrogen and oxygen atoms in total. The summed E-state index contributed by atoms with van der Waals surface area (Å²) in [6.45, 7) is 6.42. The van der Waals surface area contributed by atoms with Gasteiger partial charge in [0.05, 0.1) is 5.97 Å². The molecule has 1 aliphatic carbocycles. The minimum Gasteiger partial charge on any atom is -0.545 e. The highest BCUT2D eigenvalue weighted by Gasteiger charge is 2.38. The van der Waals surface area contributed by atoms with Crippen molar-refractivity contribution in [1.82, 2.24) is 4.90 Å². The van der Waals surface area contributed by atoms with Gasteiger partial charge in [0, 0.05) is 54.9 Å². The Morgan fingerprint density at radius 1 is 0.970 bits per heavy atom. The Kier molecular flexibility index (Phi) is 5.87. The molecule has 0 N–H and O–H groups in total. The van der Waals surface area contributed by atoms with Crippen molar-refractivity contribution >= 4 is 11.7 Å². The van der Waals surface area contributed by atoms with E-state index in [0.717, 1.165) is 33.9 Å². The highest BCUT2D eigenvalue weighted by atomic mass is 16.5. The Morgan fingerprint density at radius 3 is 2.30 bits per heavy atom. The molecule has 2 aromatic rings. The fraction of sp³-hybridized carbons (Fsp3) is 0.393. The van der Waals surface area contributed by atoms with Crippen LogP contribution in [0.25, 0.3) is 0 Å². The van der Waals surface area contributed by atoms with Crippen molar-refractivity contribution in [3.8, 4) is 5.75 Å². The number of carboxylic acid groups (broad SMARTS) is 1. The lowest BCUT2D eigenvalue weighted by molar-refractivity contribution is -0.255. The third-order valence-electron chi connectivity index (χ3n) is 6.68. The molecule has 1 heterocycles. The molecule has 174 valence electrons. The summed E-state index contributed by atoms with van der Waals surface area (Å²) < 4.78 is 6.45. The molecule has 0 fully saturated rings. The zero-order valence-corrected chi connectivity index (χ0v) is 20.5. The van der Waals surface area contributed by atoms with Gasteiger partial charge < -0.3 is 19.5 Å². The van der Waals surface area contributed by atoms with Gasteiger partial charge in [0.1, 0.15) is 11.5 Å². The molecule has 33 heavy (non-hydrogen) atoms. The number of carbonyl (C=O) groups is 1. The molecule has 0 saturated heterocycles. The molecule has 0 spiro atoms. The summed E-state index contributed by atoms with van der Waals surface area (Å²) in [5.74, 6) is 0.194. The first-order chi connectivity index (χ1) is 15.5. The molecule has 0 amide bonds. The van der Waals surface area contributed by atoms with Gasteiger partial charge in [-0.1, -0.05) is 57.2 Å². The highest BCUT2D eigenvalue weighted by Crippen LogP contribution is 2.49. The van der Waals surface area contributed by atoms with E-state index in [2.05, 4.69) is 56.0 Å². The SMILES string of the molecule is CN(C)c1ccc2c(c1)OC1=CC(N(C)C)C=CC1C2c1cc(C(C)(C)C)ccc1C(=O)[O-]. The van der Waals surface area contributed by atoms with Crippen LogP contribution >= 0.6 is 0 Å². The molecule has 0 radical (unpaired) electrons. The van der Waals surface area contributed by atoms with Crippen LogP contribution in [0.15, 0.2) is 60.4 Å². The first kappa shape index (κ1) is 23.1. The average Bonchev–Trinajstić information content (AvgIpc) is 2.75. The molecule has 0 bridgehead atoms. The zero-order chi connectivity index (χ0) is 24.1. The number of benzene rings is 2. The second-order valence-corrected chi connectivity index (χ2v) is 10.5. The monoisotopic (exact) mass is 445 g/mol. The fourth-order valence-electron chi connectivity index (χ4n) is 4.66. The van der Waals surface area contributed by atoms with E-state index in [-0.39, 0.29) is 28.9 Å². The maximum Gasteiger partial charge on any atom is 0.132 e. The Labute approximate surface area is 197 Å². The average molecular weight is 446 g/mol. The Balaban J connectivity index is 1.96. The van der Waals surface area contributed by atoms with Gasteiger partial charge in [-0.2, -0.15) is 0 Å². The molecule has 1 aliphatic heterocycles. The van der Waals surface area contributed by atoms with Gasteiger partial charge in [0.25, 0.3) is 0 Å². The van der Waals surface area contributed by atoms with Crippen molar-refractivity contribution in [2.24, 2.45) is 5.92 Å². The molecule has 3 unspecified atom stereocenters. The molecule has 5 heteroatoms. The minimum absolute atomic E-state index is 0.0905. The zero-order valence-electron chi connectivity index (χ0n) is 20.5. The highest BCUT2D eigenvalue weighted by molar-refractivity contribution is 5.88. The van der Waals surface area contributed by atoms with E-state index in [1.807, 2.05) is 51.3 Å². The van der Waals surface area contributed by atoms with E-state index < -0.39 is 5.97 Å². The first-order valence-electron chi connectivity index (χ1n) is 11.4. The van der Waals surface area contributed by atoms with Gasteiger partial charge in [-0.15, -0.1) is 0 Å². The summed E-state index contributed by atoms with van der Waals surface area (Å²) in [6, 6.07) is 11.9. The van der Waals surface area contributed by atoms with Crippen LogP contribution < -0.4 is 14.7 Å². The van der Waals surface area contributed by atoms with E-state index in [1.54, 1.807) is 6.07 Å². The number of rotatable bonds is 4. The summed E-state index contributed by atoms with van der Waals surface area (Å²) in [4.78, 5) is 16.4. The van der Waals surface area contributed by atoms with Gasteiger partial charge in [-0.25, -0.2) is 0 Å². The standard InChI is InChI=1S/C28H34N2O3/c1-28(2,3)17-8-11-20(27(31)32)23(14-17)26-21-12-9-18(29(4)5)15-24(21)33-25-16-19(30(6)7)10-13-22(25)26/h8-16,18,21,26H,1-7H3,(H,31,32)/p-1. The van der Waals surface area contributed by atoms with E-state index in [1.165, 1.54) is 0 Å². The molecule has 2 aromatic carbocycles. The van der Waals surface area contributed by atoms with Crippen molar-refractivity contribution in [1.29, 1.82) is 0 Å². The smallest absolute Gasteiger partial charge is 0.132 e. The van der Waals surface area contributed by atoms with Crippen molar-refractivity contribution in [3.05, 3.63) is 82.6 Å². The van der Waals surface area contributed by atoms with Gasteiger partial charge >= 0.3 is 0 Å². The van der Waals surface area contributed by atoms with Crippen LogP contribution in [-0.4, -0.2) is 45.1 Å². The van der Waals surface area contributed by atoms with Gasteiger partial charge in [-0.3, -0.25) is 4.90 Å². The Bertz CT molecular complexity index is 1140. The van der Waals surface area contributed by atoms with E-state index in [4.69, 9.17) is 4.74 Å². The predicted octanol–water partition coefficient (Wildman–Crippen LogP) is 3.94. The Morgan fingerprint density at radius 2 is 1.70 bits per heavy atom. The number of carboxylic acids is 1. The van der Waals surface area contributed by atoms with Gasteiger partial charge in [0.15, 0.2) is 0 Å². The third kappa shape index (κ3) is 4.30. The van der Waals surface area contributed by atoms with Crippen molar-refractivity contribution in [3.63, 3.8) is 0 Å². The predicted molar refractivity (Wildman–Crippen MR) is 131 cm³/mol. The molecule has 2 aliphatic rings. The van der Waals surface area contributed by atoms with Crippen molar-refractivity contribution in [2.45, 2.75) is 38.1 Å². The maximum atomic E-state index is 12.2. The lowest BCUT2D eigenvalue weighted by atomic mass is 9.72. The maximum absolute atomic E-state index is 12.2. The van der Waals surface area contributed by atoms with E-state index in [9.17, 15) is 9.90 Å². The largest absolute Gasteiger partial charge is 0.545 e. The van der Waals surface area contributed by atoms with Crippen LogP contribution in [0.4, 0.5) is 5.69 Å². The first-order valence-corrected chi connectivity index (χ1v) is 11.4. The number of carbonyl (C=O) groups excluding carboxylic acids is 1. The minimum atomic E-state index is -1.15. The molecule has 4 rings (SSSR count). The third-order valence-corrected chi connectivity index (χ3v) is 6.68. The van der Waals surface area contributed by atoms with E-state index >= 15 is 0 Å². The number of likely N-dealkylation sites (N-methyl/N-ethyl adjacent to an activating group) is 1. The number of aromatic carboxylic acids is 1. The quantitative estimate of drug-likeness (QED) is 0.668. The summed E-state index contributed by atoms with van der Waals surface area (Å²) in [6.07, 6.45) is 6.46. The van der Waals surface area contributed by atoms with Crippen LogP contribution in [0.5, 0.6) is 5.75 Å². The number of allylic oxidation sites excluding steroid dienone is 1. The van der Waals surface area contributed by atoms with Crippen LogP contribution in [0.3, 0.4) is 0 Å². The van der Waals surface area contributed by atoms with Crippen LogP contribution in [0, 0.1) is 5.92 Å². The van der Waals surface area contributed by atoms with Crippen LogP contribution in [0.2, 0.25) is 0 Å². The lowest BCUT2D eigenvalue weighted by Gasteiger charge is -2.39. The van der Waals surface area contributed by atoms with E-state index in [0.29, 0.717) is 0 Å². The normalized spacial score (nSPS) is 21.7. The van der Waals surface area contributed by atoms with Crippen molar-refractivity contribution < 1.29 is 14.6 Å². The summed E-state index contributed by atoms with van der Waals surface area (Å²) >= 11 is 0. The molecular weight excluding hydrogens is 412 g/mol. The van der Waals surface area contributed by atoms with Crippen molar-refractivity contribution in [2.75, 3.05) is 33.1 Å². The number of ether oxygens (including phenoxy) is 1. The molecule has 3 atom stereocenters. The second kappa shape index (κ2) is 8.38. The summed E-state index contributed by atoms with van der Waals surface area (Å²) in [7, 11) is 8.06. The lowest BCUT2D eigenvalue weighted by Crippen LogP contribution is -2.34. The number of hydrogen-bond acceptors (Lipinski definition) is 5. The summed E-state index contributed by atoms with van der Waals surface area (Å²) in [5.41, 5.74) is 4.01. The van der Waals surface area contributed by atoms with Crippen LogP contribution in [-0.2, 0) is 5.41 Å². The number of fused-ring (bicyclic) bond motifs is 2. The van der Waals surface area contributed by atoms with Gasteiger partial charge in [0.2, 0.25) is 0 Å². The summed E-state index contributed by atoms with van der Waals surface area (Å²) in [5, 5.41) is 12.2. The molecule has 0 aromatic heterocycles. The van der Waals surface area contributed by atoms with Gasteiger partial charge in [-0.05, 0) is 42.8 Å². The van der Waals surface area contributed by atoms with Crippen LogP contribution in [0.1, 0.15) is 53.7 Å². The molecule has 0 saturated carbocycles. The second-order valence-electron chi connectivity index (χ2n) is 10.5. The number of hydrogen-bond donors (Lipinski definition) is 0. The Hall–Kier alpha value is -3.05. The molecular formula is C28H33N2O3-. The fourth-order valence-corrected chi connectivity index (χ4v) is 4.66. The number of anilines is 1.